The van der Waals surface area contributed by atoms with E-state index in [1.165, 1.54) is 0 Å². The highest BCUT2D eigenvalue weighted by Gasteiger charge is 2.22. The number of ketones is 1. The molecule has 0 unspecified atom stereocenters. The van der Waals surface area contributed by atoms with Gasteiger partial charge in [-0.3, -0.25) is 4.79 Å². The molecule has 0 aliphatic heterocycles. The maximum Gasteiger partial charge on any atom is 0.379 e. The van der Waals surface area contributed by atoms with Crippen molar-refractivity contribution in [1.29, 1.82) is 0 Å². The van der Waals surface area contributed by atoms with Gasteiger partial charge < -0.3 is 4.74 Å². The topological polar surface area (TPSA) is 43.4 Å². The first-order valence-electron chi connectivity index (χ1n) is 5.70. The Morgan fingerprint density at radius 1 is 1.22 bits per heavy atom. The average molecular weight is 269 g/mol. The molecule has 0 amide bonds. The van der Waals surface area contributed by atoms with Crippen LogP contribution in [0.25, 0.3) is 0 Å². The van der Waals surface area contributed by atoms with Gasteiger partial charge in [0.05, 0.1) is 6.61 Å². The number of carbonyl (C=O) groups excluding carboxylic acids is 2. The first kappa shape index (κ1) is 14.7. The van der Waals surface area contributed by atoms with E-state index >= 15 is 0 Å². The molecule has 0 aromatic heterocycles. The maximum absolute atomic E-state index is 11.9. The summed E-state index contributed by atoms with van der Waals surface area (Å²) in [6.45, 7) is 5.99. The van der Waals surface area contributed by atoms with Gasteiger partial charge in [-0.1, -0.05) is 45.0 Å². The summed E-state index contributed by atoms with van der Waals surface area (Å²) in [5.74, 6) is -1.29. The van der Waals surface area contributed by atoms with E-state index in [1.54, 1.807) is 24.3 Å². The third-order valence-corrected chi connectivity index (χ3v) is 2.52. The van der Waals surface area contributed by atoms with Crippen LogP contribution in [0, 0.1) is 5.41 Å². The van der Waals surface area contributed by atoms with Crippen molar-refractivity contribution >= 4 is 23.4 Å². The zero-order chi connectivity index (χ0) is 13.8. The normalized spacial score (nSPS) is 11.1. The minimum Gasteiger partial charge on any atom is -0.459 e. The van der Waals surface area contributed by atoms with E-state index in [2.05, 4.69) is 0 Å². The van der Waals surface area contributed by atoms with Crippen molar-refractivity contribution in [2.45, 2.75) is 26.7 Å². The van der Waals surface area contributed by atoms with Gasteiger partial charge in [-0.25, -0.2) is 4.79 Å². The Balaban J connectivity index is 2.78. The minimum absolute atomic E-state index is 0.165. The van der Waals surface area contributed by atoms with Crippen LogP contribution in [-0.4, -0.2) is 18.4 Å². The van der Waals surface area contributed by atoms with E-state index in [4.69, 9.17) is 16.3 Å². The second kappa shape index (κ2) is 6.01. The van der Waals surface area contributed by atoms with Gasteiger partial charge in [-0.05, 0) is 11.0 Å². The zero-order valence-electron chi connectivity index (χ0n) is 10.8. The second-order valence-electron chi connectivity index (χ2n) is 5.26. The predicted octanol–water partition coefficient (Wildman–Crippen LogP) is 3.20. The van der Waals surface area contributed by atoms with Crippen LogP contribution in [0.1, 0.15) is 36.7 Å². The maximum atomic E-state index is 11.9. The number of hydrogen-bond donors (Lipinski definition) is 0. The van der Waals surface area contributed by atoms with E-state index in [0.29, 0.717) is 11.1 Å². The molecule has 0 bridgehead atoms. The van der Waals surface area contributed by atoms with Crippen LogP contribution < -0.4 is 0 Å². The lowest BCUT2D eigenvalue weighted by molar-refractivity contribution is -0.140. The largest absolute Gasteiger partial charge is 0.459 e. The van der Waals surface area contributed by atoms with Crippen LogP contribution in [-0.2, 0) is 15.4 Å². The lowest BCUT2D eigenvalue weighted by Crippen LogP contribution is -2.24. The molecule has 18 heavy (non-hydrogen) atoms. The molecule has 0 radical (unpaired) electrons. The molecule has 1 aromatic rings. The van der Waals surface area contributed by atoms with Gasteiger partial charge in [-0.15, -0.1) is 11.6 Å². The Bertz CT molecular complexity index is 447. The Hall–Kier alpha value is -1.35. The monoisotopic (exact) mass is 268 g/mol. The number of rotatable bonds is 4. The highest BCUT2D eigenvalue weighted by molar-refractivity contribution is 6.41. The third kappa shape index (κ3) is 4.15. The number of halogens is 1. The second-order valence-corrected chi connectivity index (χ2v) is 5.52. The molecular formula is C14H17ClO3. The highest BCUT2D eigenvalue weighted by atomic mass is 35.5. The van der Waals surface area contributed by atoms with Gasteiger partial charge in [-0.2, -0.15) is 0 Å². The van der Waals surface area contributed by atoms with Crippen molar-refractivity contribution in [3.05, 3.63) is 35.4 Å². The summed E-state index contributed by atoms with van der Waals surface area (Å²) < 4.78 is 4.99. The fourth-order valence-corrected chi connectivity index (χ4v) is 1.55. The molecule has 0 saturated carbocycles. The fraction of sp³-hybridized carbons (Fsp3) is 0.429. The van der Waals surface area contributed by atoms with E-state index in [0.717, 1.165) is 0 Å². The van der Waals surface area contributed by atoms with E-state index < -0.39 is 11.8 Å². The van der Waals surface area contributed by atoms with Crippen LogP contribution in [0.2, 0.25) is 0 Å². The standard InChI is InChI=1S/C14H17ClO3/c1-14(2,3)9-18-13(17)12(16)11-7-5-4-6-10(11)8-15/h4-7H,8-9H2,1-3H3. The van der Waals surface area contributed by atoms with E-state index in [-0.39, 0.29) is 17.9 Å². The van der Waals surface area contributed by atoms with Crippen LogP contribution in [0.15, 0.2) is 24.3 Å². The summed E-state index contributed by atoms with van der Waals surface area (Å²) in [6, 6.07) is 6.77. The molecule has 0 aliphatic carbocycles. The van der Waals surface area contributed by atoms with Crippen LogP contribution in [0.4, 0.5) is 0 Å². The summed E-state index contributed by atoms with van der Waals surface area (Å²) in [5, 5.41) is 0. The van der Waals surface area contributed by atoms with Gasteiger partial charge >= 0.3 is 5.97 Å². The van der Waals surface area contributed by atoms with Gasteiger partial charge in [0.15, 0.2) is 0 Å². The Morgan fingerprint density at radius 3 is 2.39 bits per heavy atom. The van der Waals surface area contributed by atoms with Crippen molar-refractivity contribution in [2.75, 3.05) is 6.61 Å². The van der Waals surface area contributed by atoms with Crippen molar-refractivity contribution in [1.82, 2.24) is 0 Å². The minimum atomic E-state index is -0.831. The van der Waals surface area contributed by atoms with Crippen molar-refractivity contribution in [3.8, 4) is 0 Å². The molecule has 0 fully saturated rings. The van der Waals surface area contributed by atoms with Crippen molar-refractivity contribution < 1.29 is 14.3 Å². The molecule has 0 N–H and O–H groups in total. The Morgan fingerprint density at radius 2 is 1.83 bits per heavy atom. The molecular weight excluding hydrogens is 252 g/mol. The zero-order valence-corrected chi connectivity index (χ0v) is 11.6. The number of carbonyl (C=O) groups is 2. The third-order valence-electron chi connectivity index (χ3n) is 2.23. The first-order chi connectivity index (χ1) is 8.35. The number of Topliss-reactive ketones (excluding diaryl/α,β-unsaturated/α-hetero) is 1. The number of ether oxygens (including phenoxy) is 1. The molecule has 0 aliphatic rings. The number of hydrogen-bond acceptors (Lipinski definition) is 3. The molecule has 1 aromatic carbocycles. The molecule has 0 heterocycles. The van der Waals surface area contributed by atoms with Crippen molar-refractivity contribution in [2.24, 2.45) is 5.41 Å². The Labute approximate surface area is 112 Å². The lowest BCUT2D eigenvalue weighted by Gasteiger charge is -2.17. The summed E-state index contributed by atoms with van der Waals surface area (Å²) in [4.78, 5) is 23.6. The summed E-state index contributed by atoms with van der Waals surface area (Å²) in [5.41, 5.74) is 0.783. The van der Waals surface area contributed by atoms with E-state index in [1.807, 2.05) is 20.8 Å². The average Bonchev–Trinajstić information content (AvgIpc) is 2.34. The summed E-state index contributed by atoms with van der Waals surface area (Å²) in [7, 11) is 0. The molecule has 3 nitrogen and oxygen atoms in total. The van der Waals surface area contributed by atoms with Crippen LogP contribution >= 0.6 is 11.6 Å². The smallest absolute Gasteiger partial charge is 0.379 e. The first-order valence-corrected chi connectivity index (χ1v) is 6.24. The SMILES string of the molecule is CC(C)(C)COC(=O)C(=O)c1ccccc1CCl. The molecule has 0 saturated heterocycles. The summed E-state index contributed by atoms with van der Waals surface area (Å²) >= 11 is 5.73. The molecule has 0 atom stereocenters. The van der Waals surface area contributed by atoms with Gasteiger partial charge in [0.25, 0.3) is 5.78 Å². The van der Waals surface area contributed by atoms with Crippen LogP contribution in [0.3, 0.4) is 0 Å². The molecule has 4 heteroatoms. The predicted molar refractivity (Wildman–Crippen MR) is 70.7 cm³/mol. The highest BCUT2D eigenvalue weighted by Crippen LogP contribution is 2.15. The summed E-state index contributed by atoms with van der Waals surface area (Å²) in [6.07, 6.45) is 0. The molecule has 98 valence electrons. The van der Waals surface area contributed by atoms with Crippen molar-refractivity contribution in [3.63, 3.8) is 0 Å². The van der Waals surface area contributed by atoms with Crippen LogP contribution in [0.5, 0.6) is 0 Å². The molecule has 0 spiro atoms. The van der Waals surface area contributed by atoms with Gasteiger partial charge in [0.2, 0.25) is 0 Å². The number of benzene rings is 1. The van der Waals surface area contributed by atoms with E-state index in [9.17, 15) is 9.59 Å². The Kier molecular flexibility index (Phi) is 4.91. The van der Waals surface area contributed by atoms with Gasteiger partial charge in [0, 0.05) is 11.4 Å². The number of alkyl halides is 1. The quantitative estimate of drug-likeness (QED) is 0.365. The van der Waals surface area contributed by atoms with Gasteiger partial charge in [0.1, 0.15) is 0 Å². The lowest BCUT2D eigenvalue weighted by atomic mass is 9.98. The fourth-order valence-electron chi connectivity index (χ4n) is 1.32. The molecule has 1 rings (SSSR count). The number of esters is 1.